The molecule has 0 fully saturated rings. The molecule has 0 aromatic heterocycles. The Morgan fingerprint density at radius 2 is 1.96 bits per heavy atom. The van der Waals surface area contributed by atoms with Gasteiger partial charge < -0.3 is 19.7 Å². The molecule has 1 atom stereocenters. The van der Waals surface area contributed by atoms with Gasteiger partial charge in [0.2, 0.25) is 0 Å². The molecule has 2 aromatic carbocycles. The second-order valence-electron chi connectivity index (χ2n) is 6.00. The molecule has 3 rings (SSSR count). The maximum atomic E-state index is 13.0. The van der Waals surface area contributed by atoms with Gasteiger partial charge in [0.1, 0.15) is 11.9 Å². The Labute approximate surface area is 148 Å². The molecule has 1 aliphatic rings. The molecular weight excluding hydrogens is 316 g/mol. The Morgan fingerprint density at radius 1 is 1.12 bits per heavy atom. The molecule has 1 aliphatic heterocycles. The number of fused-ring (bicyclic) bond motifs is 1. The summed E-state index contributed by atoms with van der Waals surface area (Å²) < 4.78 is 10.9. The van der Waals surface area contributed by atoms with Gasteiger partial charge >= 0.3 is 0 Å². The smallest absolute Gasteiger partial charge is 0.257 e. The van der Waals surface area contributed by atoms with E-state index in [1.54, 1.807) is 7.11 Å². The Hall–Kier alpha value is -2.53. The molecule has 0 radical (unpaired) electrons. The number of nitrogens with zero attached hydrogens (tertiary/aromatic N) is 1. The minimum atomic E-state index is -0.247. The van der Waals surface area contributed by atoms with Crippen LogP contribution in [0, 0.1) is 0 Å². The standard InChI is InChI=1S/C20H24N2O3/c1-3-12-25-16-8-6-7-15(14-16)19-21-18-10-5-4-9-17(18)20(23)22(19)11-13-24-2/h4-10,14,19,21H,3,11-13H2,1-2H3. The molecule has 132 valence electrons. The van der Waals surface area contributed by atoms with Crippen molar-refractivity contribution in [2.24, 2.45) is 0 Å². The lowest BCUT2D eigenvalue weighted by molar-refractivity contribution is 0.0609. The third kappa shape index (κ3) is 3.77. The van der Waals surface area contributed by atoms with Crippen LogP contribution < -0.4 is 10.1 Å². The van der Waals surface area contributed by atoms with Gasteiger partial charge in [-0.1, -0.05) is 31.2 Å². The van der Waals surface area contributed by atoms with Gasteiger partial charge in [-0.05, 0) is 36.2 Å². The number of benzene rings is 2. The zero-order valence-corrected chi connectivity index (χ0v) is 14.7. The van der Waals surface area contributed by atoms with Crippen molar-refractivity contribution in [3.05, 3.63) is 59.7 Å². The van der Waals surface area contributed by atoms with E-state index in [1.807, 2.05) is 53.4 Å². The van der Waals surface area contributed by atoms with Gasteiger partial charge in [0.15, 0.2) is 0 Å². The molecule has 25 heavy (non-hydrogen) atoms. The lowest BCUT2D eigenvalue weighted by atomic mass is 10.0. The van der Waals surface area contributed by atoms with E-state index in [9.17, 15) is 4.79 Å². The molecule has 5 nitrogen and oxygen atoms in total. The monoisotopic (exact) mass is 340 g/mol. The SMILES string of the molecule is CCCOc1cccc(C2Nc3ccccc3C(=O)N2CCOC)c1. The second kappa shape index (κ2) is 8.03. The molecule has 1 amide bonds. The van der Waals surface area contributed by atoms with Crippen molar-refractivity contribution in [1.82, 2.24) is 4.90 Å². The number of para-hydroxylation sites is 1. The van der Waals surface area contributed by atoms with E-state index in [-0.39, 0.29) is 12.1 Å². The quantitative estimate of drug-likeness (QED) is 0.835. The van der Waals surface area contributed by atoms with E-state index < -0.39 is 0 Å². The second-order valence-corrected chi connectivity index (χ2v) is 6.00. The molecule has 0 bridgehead atoms. The normalized spacial score (nSPS) is 16.3. The minimum absolute atomic E-state index is 0.0104. The Balaban J connectivity index is 1.93. The number of carbonyl (C=O) groups excluding carboxylic acids is 1. The van der Waals surface area contributed by atoms with Gasteiger partial charge in [0.25, 0.3) is 5.91 Å². The molecule has 5 heteroatoms. The van der Waals surface area contributed by atoms with Crippen molar-refractivity contribution in [1.29, 1.82) is 0 Å². The zero-order chi connectivity index (χ0) is 17.6. The van der Waals surface area contributed by atoms with Crippen molar-refractivity contribution in [2.45, 2.75) is 19.5 Å². The fourth-order valence-electron chi connectivity index (χ4n) is 2.97. The Kier molecular flexibility index (Phi) is 5.56. The van der Waals surface area contributed by atoms with Crippen LogP contribution in [0.4, 0.5) is 5.69 Å². The lowest BCUT2D eigenvalue weighted by Crippen LogP contribution is -2.44. The van der Waals surface area contributed by atoms with Crippen LogP contribution in [0.5, 0.6) is 5.75 Å². The van der Waals surface area contributed by atoms with E-state index in [0.717, 1.165) is 23.4 Å². The molecule has 0 spiro atoms. The van der Waals surface area contributed by atoms with Gasteiger partial charge in [-0.15, -0.1) is 0 Å². The molecule has 0 aliphatic carbocycles. The summed E-state index contributed by atoms with van der Waals surface area (Å²) in [4.78, 5) is 14.8. The van der Waals surface area contributed by atoms with Gasteiger partial charge in [0.05, 0.1) is 18.8 Å². The first-order valence-corrected chi connectivity index (χ1v) is 8.63. The largest absolute Gasteiger partial charge is 0.494 e. The van der Waals surface area contributed by atoms with Gasteiger partial charge in [-0.2, -0.15) is 0 Å². The fourth-order valence-corrected chi connectivity index (χ4v) is 2.97. The van der Waals surface area contributed by atoms with E-state index in [0.29, 0.717) is 25.3 Å². The van der Waals surface area contributed by atoms with Crippen LogP contribution in [0.2, 0.25) is 0 Å². The van der Waals surface area contributed by atoms with Crippen LogP contribution in [-0.4, -0.2) is 37.7 Å². The molecule has 1 N–H and O–H groups in total. The van der Waals surface area contributed by atoms with Crippen molar-refractivity contribution in [2.75, 3.05) is 32.2 Å². The number of carbonyl (C=O) groups is 1. The summed E-state index contributed by atoms with van der Waals surface area (Å²) in [6, 6.07) is 15.5. The summed E-state index contributed by atoms with van der Waals surface area (Å²) >= 11 is 0. The number of anilines is 1. The summed E-state index contributed by atoms with van der Waals surface area (Å²) in [5.41, 5.74) is 2.53. The predicted molar refractivity (Wildman–Crippen MR) is 97.9 cm³/mol. The third-order valence-electron chi connectivity index (χ3n) is 4.21. The highest BCUT2D eigenvalue weighted by molar-refractivity contribution is 6.01. The summed E-state index contributed by atoms with van der Waals surface area (Å²) in [5, 5.41) is 3.48. The van der Waals surface area contributed by atoms with Crippen molar-refractivity contribution in [3.8, 4) is 5.75 Å². The Bertz CT molecular complexity index is 732. The summed E-state index contributed by atoms with van der Waals surface area (Å²) in [6.45, 7) is 3.75. The van der Waals surface area contributed by atoms with E-state index in [4.69, 9.17) is 9.47 Å². The lowest BCUT2D eigenvalue weighted by Gasteiger charge is -2.38. The Morgan fingerprint density at radius 3 is 2.76 bits per heavy atom. The molecule has 0 saturated carbocycles. The average molecular weight is 340 g/mol. The van der Waals surface area contributed by atoms with E-state index in [2.05, 4.69) is 12.2 Å². The third-order valence-corrected chi connectivity index (χ3v) is 4.21. The summed E-state index contributed by atoms with van der Waals surface area (Å²) in [7, 11) is 1.64. The fraction of sp³-hybridized carbons (Fsp3) is 0.350. The number of hydrogen-bond acceptors (Lipinski definition) is 4. The van der Waals surface area contributed by atoms with Crippen LogP contribution in [0.25, 0.3) is 0 Å². The highest BCUT2D eigenvalue weighted by Crippen LogP contribution is 2.33. The first-order valence-electron chi connectivity index (χ1n) is 8.63. The van der Waals surface area contributed by atoms with Crippen LogP contribution in [0.1, 0.15) is 35.4 Å². The minimum Gasteiger partial charge on any atom is -0.494 e. The topological polar surface area (TPSA) is 50.8 Å². The maximum Gasteiger partial charge on any atom is 0.257 e. The van der Waals surface area contributed by atoms with Gasteiger partial charge in [-0.3, -0.25) is 4.79 Å². The average Bonchev–Trinajstić information content (AvgIpc) is 2.66. The van der Waals surface area contributed by atoms with Gasteiger partial charge in [0, 0.05) is 19.3 Å². The molecule has 0 saturated heterocycles. The predicted octanol–water partition coefficient (Wildman–Crippen LogP) is 3.69. The summed E-state index contributed by atoms with van der Waals surface area (Å²) in [5.74, 6) is 0.829. The van der Waals surface area contributed by atoms with Crippen LogP contribution in [0.3, 0.4) is 0 Å². The number of amides is 1. The molecule has 1 unspecified atom stereocenters. The van der Waals surface area contributed by atoms with Crippen molar-refractivity contribution >= 4 is 11.6 Å². The number of nitrogens with one attached hydrogen (secondary N) is 1. The van der Waals surface area contributed by atoms with Crippen molar-refractivity contribution in [3.63, 3.8) is 0 Å². The first-order chi connectivity index (χ1) is 12.2. The van der Waals surface area contributed by atoms with Crippen molar-refractivity contribution < 1.29 is 14.3 Å². The summed E-state index contributed by atoms with van der Waals surface area (Å²) in [6.07, 6.45) is 0.709. The first kappa shape index (κ1) is 17.3. The number of rotatable bonds is 7. The number of hydrogen-bond donors (Lipinski definition) is 1. The van der Waals surface area contributed by atoms with E-state index in [1.165, 1.54) is 0 Å². The van der Waals surface area contributed by atoms with Crippen LogP contribution in [-0.2, 0) is 4.74 Å². The van der Waals surface area contributed by atoms with Gasteiger partial charge in [-0.25, -0.2) is 0 Å². The van der Waals surface area contributed by atoms with E-state index >= 15 is 0 Å². The molecular formula is C20H24N2O3. The maximum absolute atomic E-state index is 13.0. The van der Waals surface area contributed by atoms with Crippen LogP contribution >= 0.6 is 0 Å². The molecule has 1 heterocycles. The highest BCUT2D eigenvalue weighted by Gasteiger charge is 2.32. The highest BCUT2D eigenvalue weighted by atomic mass is 16.5. The van der Waals surface area contributed by atoms with Crippen LogP contribution in [0.15, 0.2) is 48.5 Å². The zero-order valence-electron chi connectivity index (χ0n) is 14.7. The number of methoxy groups -OCH3 is 1. The molecule has 2 aromatic rings. The number of ether oxygens (including phenoxy) is 2.